The summed E-state index contributed by atoms with van der Waals surface area (Å²) in [7, 11) is 0. The molecule has 0 bridgehead atoms. The molecule has 154 valence electrons. The fourth-order valence-electron chi connectivity index (χ4n) is 3.10. The van der Waals surface area contributed by atoms with Crippen LogP contribution in [-0.4, -0.2) is 46.3 Å². The van der Waals surface area contributed by atoms with Crippen molar-refractivity contribution in [3.8, 4) is 0 Å². The second-order valence-corrected chi connectivity index (χ2v) is 7.80. The lowest BCUT2D eigenvalue weighted by Gasteiger charge is -2.34. The first-order chi connectivity index (χ1) is 13.3. The van der Waals surface area contributed by atoms with Crippen LogP contribution in [0.4, 0.5) is 10.6 Å². The molecule has 1 heterocycles. The van der Waals surface area contributed by atoms with Crippen molar-refractivity contribution < 1.29 is 19.1 Å². The number of ether oxygens (including phenoxy) is 1. The maximum absolute atomic E-state index is 12.1. The van der Waals surface area contributed by atoms with Crippen molar-refractivity contribution >= 4 is 35.5 Å². The Morgan fingerprint density at radius 1 is 1.32 bits per heavy atom. The Bertz CT molecular complexity index is 730. The monoisotopic (exact) mass is 409 g/mol. The first-order valence-electron chi connectivity index (χ1n) is 9.34. The number of imide groups is 1. The van der Waals surface area contributed by atoms with Crippen molar-refractivity contribution in [2.24, 2.45) is 11.8 Å². The van der Waals surface area contributed by atoms with Crippen LogP contribution in [0.25, 0.3) is 0 Å². The summed E-state index contributed by atoms with van der Waals surface area (Å²) >= 11 is 1.02. The average Bonchev–Trinajstić information content (AvgIpc) is 2.64. The zero-order chi connectivity index (χ0) is 20.7. The van der Waals surface area contributed by atoms with Crippen LogP contribution >= 0.6 is 11.8 Å². The number of nitrogens with one attached hydrogen (secondary N) is 2. The molecule has 3 amide bonds. The molecule has 10 heteroatoms. The fraction of sp³-hybridized carbons (Fsp3) is 0.611. The molecule has 0 radical (unpaired) electrons. The van der Waals surface area contributed by atoms with Crippen molar-refractivity contribution in [2.45, 2.75) is 51.2 Å². The van der Waals surface area contributed by atoms with Gasteiger partial charge in [0, 0.05) is 12.2 Å². The predicted octanol–water partition coefficient (Wildman–Crippen LogP) is 1.98. The van der Waals surface area contributed by atoms with Gasteiger partial charge in [-0.25, -0.2) is 19.6 Å². The summed E-state index contributed by atoms with van der Waals surface area (Å²) in [6, 6.07) is -0.419. The normalized spacial score (nSPS) is 21.6. The van der Waals surface area contributed by atoms with Gasteiger partial charge in [0.15, 0.2) is 5.16 Å². The van der Waals surface area contributed by atoms with Gasteiger partial charge in [-0.3, -0.25) is 10.1 Å². The van der Waals surface area contributed by atoms with Gasteiger partial charge in [-0.1, -0.05) is 38.5 Å². The Labute approximate surface area is 168 Å². The van der Waals surface area contributed by atoms with Crippen molar-refractivity contribution in [1.29, 1.82) is 0 Å². The molecule has 28 heavy (non-hydrogen) atoms. The summed E-state index contributed by atoms with van der Waals surface area (Å²) in [4.78, 5) is 43.7. The summed E-state index contributed by atoms with van der Waals surface area (Å²) in [6.07, 6.45) is 4.41. The van der Waals surface area contributed by atoms with Gasteiger partial charge < -0.3 is 15.8 Å². The third-order valence-electron chi connectivity index (χ3n) is 4.90. The molecule has 2 rings (SSSR count). The van der Waals surface area contributed by atoms with E-state index in [2.05, 4.69) is 34.4 Å². The second-order valence-electron chi connectivity index (χ2n) is 6.86. The minimum Gasteiger partial charge on any atom is -0.462 e. The van der Waals surface area contributed by atoms with E-state index < -0.39 is 17.9 Å². The maximum atomic E-state index is 12.1. The maximum Gasteiger partial charge on any atom is 0.343 e. The molecule has 1 aromatic heterocycles. The number of hydrogen-bond acceptors (Lipinski definition) is 8. The van der Waals surface area contributed by atoms with Crippen LogP contribution in [-0.2, 0) is 9.53 Å². The molecule has 9 nitrogen and oxygen atoms in total. The summed E-state index contributed by atoms with van der Waals surface area (Å²) < 4.78 is 4.85. The van der Waals surface area contributed by atoms with Gasteiger partial charge in [-0.05, 0) is 25.2 Å². The zero-order valence-corrected chi connectivity index (χ0v) is 17.2. The summed E-state index contributed by atoms with van der Waals surface area (Å²) in [5.41, 5.74) is 5.81. The number of carbonyl (C=O) groups excluding carboxylic acids is 3. The van der Waals surface area contributed by atoms with Gasteiger partial charge in [-0.15, -0.1) is 0 Å². The van der Waals surface area contributed by atoms with E-state index in [0.717, 1.165) is 31.0 Å². The van der Waals surface area contributed by atoms with Crippen molar-refractivity contribution in [3.63, 3.8) is 0 Å². The number of nitrogens with two attached hydrogens (primary N) is 1. The molecule has 1 aliphatic carbocycles. The number of aromatic nitrogens is 2. The Balaban J connectivity index is 1.81. The first-order valence-corrected chi connectivity index (χ1v) is 10.3. The molecular weight excluding hydrogens is 382 g/mol. The number of hydrogen-bond donors (Lipinski definition) is 3. The van der Waals surface area contributed by atoms with Gasteiger partial charge in [0.05, 0.1) is 12.4 Å². The summed E-state index contributed by atoms with van der Waals surface area (Å²) in [5.74, 6) is -0.214. The van der Waals surface area contributed by atoms with Crippen LogP contribution in [0.1, 0.15) is 50.4 Å². The number of amides is 3. The molecule has 1 aromatic rings. The number of nitrogens with zero attached hydrogens (tertiary/aromatic N) is 2. The second kappa shape index (κ2) is 10.3. The van der Waals surface area contributed by atoms with Crippen molar-refractivity contribution in [3.05, 3.63) is 11.8 Å². The standard InChI is InChI=1S/C18H27N5O4S/c1-4-27-16(25)12-8-20-18(23-15(12)19)28-9-14(24)22-17(26)21-13-7-5-6-10(2)11(13)3/h8,10-11,13H,4-7,9H2,1-3H3,(H2,19,20,23)(H2,21,22,24,26). The Hall–Kier alpha value is -2.36. The van der Waals surface area contributed by atoms with E-state index in [1.54, 1.807) is 6.92 Å². The lowest BCUT2D eigenvalue weighted by atomic mass is 9.78. The number of rotatable bonds is 6. The molecule has 1 saturated carbocycles. The number of urea groups is 1. The van der Waals surface area contributed by atoms with Crippen LogP contribution in [0, 0.1) is 11.8 Å². The zero-order valence-electron chi connectivity index (χ0n) is 16.4. The van der Waals surface area contributed by atoms with Crippen molar-refractivity contribution in [1.82, 2.24) is 20.6 Å². The molecule has 1 aliphatic rings. The molecule has 0 aliphatic heterocycles. The summed E-state index contributed by atoms with van der Waals surface area (Å²) in [5, 5.41) is 5.44. The number of thioether (sulfide) groups is 1. The van der Waals surface area contributed by atoms with E-state index in [1.807, 2.05) is 0 Å². The largest absolute Gasteiger partial charge is 0.462 e. The minimum atomic E-state index is -0.600. The highest BCUT2D eigenvalue weighted by Crippen LogP contribution is 2.29. The molecule has 0 saturated heterocycles. The Kier molecular flexibility index (Phi) is 8.04. The first kappa shape index (κ1) is 21.9. The highest BCUT2D eigenvalue weighted by atomic mass is 32.2. The topological polar surface area (TPSA) is 136 Å². The molecule has 0 aromatic carbocycles. The Morgan fingerprint density at radius 3 is 2.75 bits per heavy atom. The van der Waals surface area contributed by atoms with Crippen LogP contribution in [0.3, 0.4) is 0 Å². The van der Waals surface area contributed by atoms with E-state index in [1.165, 1.54) is 6.20 Å². The van der Waals surface area contributed by atoms with E-state index in [9.17, 15) is 14.4 Å². The van der Waals surface area contributed by atoms with Crippen molar-refractivity contribution in [2.75, 3.05) is 18.1 Å². The fourth-order valence-corrected chi connectivity index (χ4v) is 3.72. The molecule has 0 spiro atoms. The van der Waals surface area contributed by atoms with E-state index >= 15 is 0 Å². The molecule has 3 atom stereocenters. The van der Waals surface area contributed by atoms with Gasteiger partial charge in [0.25, 0.3) is 0 Å². The van der Waals surface area contributed by atoms with Crippen LogP contribution in [0.5, 0.6) is 0 Å². The number of carbonyl (C=O) groups is 3. The highest BCUT2D eigenvalue weighted by Gasteiger charge is 2.28. The quantitative estimate of drug-likeness (QED) is 0.368. The lowest BCUT2D eigenvalue weighted by Crippen LogP contribution is -2.49. The smallest absolute Gasteiger partial charge is 0.343 e. The third kappa shape index (κ3) is 6.08. The van der Waals surface area contributed by atoms with Gasteiger partial charge in [0.2, 0.25) is 5.91 Å². The lowest BCUT2D eigenvalue weighted by molar-refractivity contribution is -0.117. The molecule has 1 fully saturated rings. The molecule has 4 N–H and O–H groups in total. The van der Waals surface area contributed by atoms with Gasteiger partial charge in [-0.2, -0.15) is 0 Å². The number of anilines is 1. The third-order valence-corrected chi connectivity index (χ3v) is 5.76. The SMILES string of the molecule is CCOC(=O)c1cnc(SCC(=O)NC(=O)NC2CCCC(C)C2C)nc1N. The number of nitrogen functional groups attached to an aromatic ring is 1. The average molecular weight is 410 g/mol. The van der Waals surface area contributed by atoms with E-state index in [-0.39, 0.29) is 34.9 Å². The molecule has 3 unspecified atom stereocenters. The van der Waals surface area contributed by atoms with E-state index in [0.29, 0.717) is 11.8 Å². The van der Waals surface area contributed by atoms with Crippen LogP contribution in [0.2, 0.25) is 0 Å². The molecular formula is C18H27N5O4S. The van der Waals surface area contributed by atoms with Gasteiger partial charge in [0.1, 0.15) is 11.4 Å². The van der Waals surface area contributed by atoms with E-state index in [4.69, 9.17) is 10.5 Å². The van der Waals surface area contributed by atoms with Crippen LogP contribution < -0.4 is 16.4 Å². The van der Waals surface area contributed by atoms with Crippen LogP contribution in [0.15, 0.2) is 11.4 Å². The van der Waals surface area contributed by atoms with Gasteiger partial charge >= 0.3 is 12.0 Å². The Morgan fingerprint density at radius 2 is 2.07 bits per heavy atom. The minimum absolute atomic E-state index is 0.0190. The number of esters is 1. The summed E-state index contributed by atoms with van der Waals surface area (Å²) in [6.45, 7) is 6.20. The predicted molar refractivity (Wildman–Crippen MR) is 106 cm³/mol. The highest BCUT2D eigenvalue weighted by molar-refractivity contribution is 7.99.